The summed E-state index contributed by atoms with van der Waals surface area (Å²) in [5.74, 6) is -12.3. The minimum absolute atomic E-state index is 0.00399. The number of benzene rings is 6. The summed E-state index contributed by atoms with van der Waals surface area (Å²) in [4.78, 5) is 165. The van der Waals surface area contributed by atoms with E-state index in [2.05, 4.69) is 195 Å². The van der Waals surface area contributed by atoms with Gasteiger partial charge in [0, 0.05) is 51.2 Å². The molecule has 0 saturated carbocycles. The number of carbonyl (C=O) groups is 12. The highest BCUT2D eigenvalue weighted by molar-refractivity contribution is 6.81. The summed E-state index contributed by atoms with van der Waals surface area (Å²) < 4.78 is 3.19. The molecule has 20 N–H and O–H groups in total. The van der Waals surface area contributed by atoms with E-state index in [0.717, 1.165) is 22.3 Å². The Labute approximate surface area is 697 Å². The minimum Gasteiger partial charge on any atom is -0.481 e. The lowest BCUT2D eigenvalue weighted by atomic mass is 9.75. The molecule has 121 heavy (non-hydrogen) atoms. The second kappa shape index (κ2) is 41.4. The summed E-state index contributed by atoms with van der Waals surface area (Å²) in [5.41, 5.74) is 19.2. The molecule has 5 heterocycles. The molecule has 0 radical (unpaired) electrons. The van der Waals surface area contributed by atoms with Crippen LogP contribution in [0.2, 0.25) is 13.1 Å². The van der Waals surface area contributed by atoms with Gasteiger partial charge in [0.1, 0.15) is 48.3 Å². The number of amides is 10. The average Bonchev–Trinajstić information content (AvgIpc) is 1.56. The lowest BCUT2D eigenvalue weighted by Crippen LogP contribution is -2.58. The predicted molar refractivity (Wildman–Crippen MR) is 444 cm³/mol. The van der Waals surface area contributed by atoms with E-state index in [1.54, 1.807) is 82.4 Å². The second-order valence-electron chi connectivity index (χ2n) is 30.9. The topological polar surface area (TPSA) is 551 Å². The molecular formula is C84H100N22O14Si. The first-order valence-corrected chi connectivity index (χ1v) is 43.0. The zero-order valence-electron chi connectivity index (χ0n) is 66.7. The lowest BCUT2D eigenvalue weighted by Gasteiger charge is -2.34. The van der Waals surface area contributed by atoms with Gasteiger partial charge in [-0.15, -0.1) is 10.2 Å². The maximum atomic E-state index is 14.7. The first kappa shape index (κ1) is 87.8. The number of carboxylic acids is 2. The van der Waals surface area contributed by atoms with Crippen molar-refractivity contribution in [1.82, 2.24) is 93.8 Å². The van der Waals surface area contributed by atoms with Crippen molar-refractivity contribution in [2.24, 2.45) is 11.5 Å². The molecule has 4 unspecified atom stereocenters. The molecule has 0 spiro atoms. The molecule has 6 aromatic carbocycles. The van der Waals surface area contributed by atoms with Crippen LogP contribution in [-0.2, 0) is 96.3 Å². The largest absolute Gasteiger partial charge is 0.481 e. The quantitative estimate of drug-likeness (QED) is 0.0136. The van der Waals surface area contributed by atoms with Gasteiger partial charge in [0.2, 0.25) is 59.1 Å². The van der Waals surface area contributed by atoms with E-state index in [0.29, 0.717) is 11.1 Å². The van der Waals surface area contributed by atoms with Crippen molar-refractivity contribution in [2.75, 3.05) is 26.2 Å². The first-order valence-electron chi connectivity index (χ1n) is 39.8. The summed E-state index contributed by atoms with van der Waals surface area (Å²) in [6, 6.07) is 43.6. The molecule has 0 aliphatic carbocycles. The normalized spacial score (nSPS) is 22.7. The van der Waals surface area contributed by atoms with E-state index >= 15 is 0 Å². The monoisotopic (exact) mass is 1670 g/mol. The van der Waals surface area contributed by atoms with Gasteiger partial charge in [0.05, 0.1) is 58.5 Å². The second-order valence-corrected chi connectivity index (χ2v) is 35.8. The highest BCUT2D eigenvalue weighted by Gasteiger charge is 2.58. The van der Waals surface area contributed by atoms with E-state index in [1.807, 2.05) is 12.1 Å². The third-order valence-corrected chi connectivity index (χ3v) is 26.3. The molecule has 36 nitrogen and oxygen atoms in total. The molecule has 10 amide bonds. The minimum atomic E-state index is -2.56. The number of guanidine groups is 2. The van der Waals surface area contributed by atoms with Crippen molar-refractivity contribution in [2.45, 2.75) is 162 Å². The number of aliphatic carboxylic acids is 2. The maximum Gasteiger partial charge on any atom is 0.305 e. The zero-order valence-corrected chi connectivity index (χ0v) is 67.7. The van der Waals surface area contributed by atoms with Crippen LogP contribution in [0, 0.1) is 10.8 Å². The fraction of sp³-hybridized carbons (Fsp3) is 0.357. The van der Waals surface area contributed by atoms with E-state index in [-0.39, 0.29) is 124 Å². The van der Waals surface area contributed by atoms with Crippen LogP contribution in [0.25, 0.3) is 0 Å². The van der Waals surface area contributed by atoms with Gasteiger partial charge in [-0.1, -0.05) is 193 Å². The summed E-state index contributed by atoms with van der Waals surface area (Å²) in [6.45, 7) is 4.22. The van der Waals surface area contributed by atoms with Crippen LogP contribution in [0.3, 0.4) is 0 Å². The van der Waals surface area contributed by atoms with Crippen molar-refractivity contribution in [3.05, 3.63) is 238 Å². The molecule has 2 aromatic heterocycles. The molecule has 11 rings (SSSR count). The Morgan fingerprint density at radius 3 is 1.05 bits per heavy atom. The Morgan fingerprint density at radius 1 is 0.405 bits per heavy atom. The number of rotatable bonds is 28. The highest BCUT2D eigenvalue weighted by atomic mass is 28.3. The Bertz CT molecular complexity index is 4720. The van der Waals surface area contributed by atoms with E-state index in [4.69, 9.17) is 22.3 Å². The van der Waals surface area contributed by atoms with E-state index < -0.39 is 153 Å². The number of nitrogens with zero attached hydrogens (tertiary/aromatic N) is 6. The van der Waals surface area contributed by atoms with Crippen molar-refractivity contribution >= 4 is 91.0 Å². The molecule has 634 valence electrons. The molecular weight excluding hydrogens is 1570 g/mol. The number of carboxylic acid groups (broad SMARTS) is 2. The third-order valence-electron chi connectivity index (χ3n) is 21.7. The molecule has 3 fully saturated rings. The molecule has 0 bridgehead atoms. The molecule has 3 saturated heterocycles. The van der Waals surface area contributed by atoms with Gasteiger partial charge in [0.15, 0.2) is 11.9 Å². The number of aromatic nitrogens is 6. The summed E-state index contributed by atoms with van der Waals surface area (Å²) in [5, 5.41) is 83.6. The van der Waals surface area contributed by atoms with Gasteiger partial charge < -0.3 is 85.5 Å². The first-order chi connectivity index (χ1) is 58.1. The molecule has 8 aromatic rings. The number of hydrogen-bond acceptors (Lipinski definition) is 18. The predicted octanol–water partition coefficient (Wildman–Crippen LogP) is 0.386. The molecule has 37 heteroatoms. The Kier molecular flexibility index (Phi) is 30.1. The van der Waals surface area contributed by atoms with Crippen molar-refractivity contribution < 1.29 is 67.7 Å². The Hall–Kier alpha value is -14.0. The highest BCUT2D eigenvalue weighted by Crippen LogP contribution is 2.64. The van der Waals surface area contributed by atoms with Crippen LogP contribution in [0.1, 0.15) is 117 Å². The van der Waals surface area contributed by atoms with Crippen LogP contribution in [-0.4, -0.2) is 206 Å². The van der Waals surface area contributed by atoms with E-state index in [1.165, 1.54) is 11.1 Å². The summed E-state index contributed by atoms with van der Waals surface area (Å²) >= 11 is 0. The third kappa shape index (κ3) is 24.6. The van der Waals surface area contributed by atoms with Gasteiger partial charge >= 0.3 is 11.9 Å². The Balaban J connectivity index is 0.838. The summed E-state index contributed by atoms with van der Waals surface area (Å²) in [6.07, 6.45) is 1.14. The number of carbonyl (C=O) groups excluding carboxylic acids is 10. The van der Waals surface area contributed by atoms with Gasteiger partial charge in [-0.05, 0) is 93.1 Å². The van der Waals surface area contributed by atoms with Crippen molar-refractivity contribution in [3.63, 3.8) is 0 Å². The number of nitrogens with two attached hydrogens (primary N) is 2. The van der Waals surface area contributed by atoms with Gasteiger partial charge in [-0.3, -0.25) is 68.4 Å². The van der Waals surface area contributed by atoms with Gasteiger partial charge in [-0.25, -0.2) is 9.36 Å². The fourth-order valence-corrected chi connectivity index (χ4v) is 21.2. The average molecular weight is 1670 g/mol. The van der Waals surface area contributed by atoms with Crippen LogP contribution in [0.15, 0.2) is 182 Å². The zero-order chi connectivity index (χ0) is 86.3. The van der Waals surface area contributed by atoms with Crippen LogP contribution < -0.4 is 75.3 Å². The Morgan fingerprint density at radius 2 is 0.719 bits per heavy atom. The van der Waals surface area contributed by atoms with E-state index in [9.17, 15) is 67.7 Å². The molecule has 3 aliphatic heterocycles. The molecule has 12 atom stereocenters. The molecule has 3 aliphatic rings. The standard InChI is InChI=1S/C84H100N22O14Si/c1-121(2)73(55-31-27-51(28-32-55)45-105-47-57(101-103-105)39-63-79(117)95-59(25-15-35-89-83(85)86)75(113)91-43-67(107)93-65(41-69(109)110)81(119)97-61(77(115)99-63)37-49-17-7-3-8-18-49)71(53-21-11-5-12-22-53)72(54-23-13-6-14-24-54)74(121)56-33-29-52(30-34-56)46-106-48-58(102-104-106)40-64-80(118)96-60(26-16-36-90-84(87)88)76(114)92-44-68(108)94-66(42-70(111)112)82(120)98-62(78(116)100-64)38-50-19-9-4-10-20-50/h3-14,17-24,27-34,47-48,59-66,71-74H,15-16,25-26,35-46H2,1-2H3,(H,91,113)(H,92,114)(H,93,107)(H,94,108)(H,95,117)(H,96,118)(H,97,119)(H,98,120)(H,99,115)(H,100,116)(H,109,110)(H,111,112)(H4,85,86,89)(H4,87,88,90)/t59-,60-,61-,62-,63-,64-,65-,66-,71?,72?,73?,74?/m0/s1. The van der Waals surface area contributed by atoms with Crippen molar-refractivity contribution in [1.29, 1.82) is 10.8 Å². The fourth-order valence-electron chi connectivity index (χ4n) is 16.0. The number of nitrogens with one attached hydrogen (secondary N) is 14. The smallest absolute Gasteiger partial charge is 0.305 e. The van der Waals surface area contributed by atoms with Crippen LogP contribution >= 0.6 is 0 Å². The summed E-state index contributed by atoms with van der Waals surface area (Å²) in [7, 11) is -2.56. The lowest BCUT2D eigenvalue weighted by molar-refractivity contribution is -0.141. The van der Waals surface area contributed by atoms with Gasteiger partial charge in [0.25, 0.3) is 0 Å². The number of hydrogen-bond donors (Lipinski definition) is 18. The SMILES string of the molecule is C[Si]1(C)C(c2ccc(Cn3cc(C[C@@H]4NC(=O)[C@H](Cc5ccccc5)NC(=O)[C@H](CC(=O)O)NC(=O)CNC(=O)[C@H](CCCNC(=N)N)NC4=O)nn3)cc2)C(c2ccccc2)C(c2ccccc2)C1c1ccc(Cn2cc(C[C@@H]3NC(=O)[C@H](Cc4ccccc4)NC(=O)[C@H](CC(=O)O)NC(=O)CNC(=O)[C@H](CCCNC(=N)N)NC3=O)nn2)cc1. The maximum absolute atomic E-state index is 14.7. The van der Waals surface area contributed by atoms with Crippen LogP contribution in [0.5, 0.6) is 0 Å². The van der Waals surface area contributed by atoms with Crippen molar-refractivity contribution in [3.8, 4) is 0 Å². The van der Waals surface area contributed by atoms with Crippen LogP contribution in [0.4, 0.5) is 0 Å². The van der Waals surface area contributed by atoms with Gasteiger partial charge in [-0.2, -0.15) is 0 Å².